The van der Waals surface area contributed by atoms with Gasteiger partial charge in [-0.3, -0.25) is 2.78 Å². The molecule has 2 nitrogen and oxygen atoms in total. The van der Waals surface area contributed by atoms with Crippen molar-refractivity contribution in [3.8, 4) is 0 Å². The van der Waals surface area contributed by atoms with Crippen molar-refractivity contribution >= 4 is 114 Å². The van der Waals surface area contributed by atoms with Crippen LogP contribution < -0.4 is 0 Å². The van der Waals surface area contributed by atoms with E-state index in [2.05, 4.69) is 96.1 Å². The molecule has 0 aliphatic heterocycles. The maximum atomic E-state index is 2.55. The molecule has 5 aromatic heterocycles. The molecule has 0 aliphatic carbocycles. The lowest BCUT2D eigenvalue weighted by Gasteiger charge is -2.01. The van der Waals surface area contributed by atoms with Gasteiger partial charge in [0, 0.05) is 31.6 Å². The van der Waals surface area contributed by atoms with E-state index < -0.39 is 0 Å². The maximum absolute atomic E-state index is 2.55. The van der Waals surface area contributed by atoms with Crippen molar-refractivity contribution in [2.24, 2.45) is 0 Å². The van der Waals surface area contributed by atoms with Gasteiger partial charge >= 0.3 is 0 Å². The van der Waals surface area contributed by atoms with Crippen molar-refractivity contribution in [2.45, 2.75) is 0 Å². The average molecular weight is 518 g/mol. The summed E-state index contributed by atoms with van der Waals surface area (Å²) in [7, 11) is 0. The van der Waals surface area contributed by atoms with Gasteiger partial charge in [-0.25, -0.2) is 0 Å². The SMILES string of the molecule is In1c2cccc3c4sccc4n4c5c6ccccc6sc5c5ccc1c(c32)c54. The summed E-state index contributed by atoms with van der Waals surface area (Å²) in [5, 5.41) is 9.09. The summed E-state index contributed by atoms with van der Waals surface area (Å²) in [5.74, 6) is 0. The third-order valence-corrected chi connectivity index (χ3v) is 9.43. The Labute approximate surface area is 186 Å². The Morgan fingerprint density at radius 3 is 2.48 bits per heavy atom. The van der Waals surface area contributed by atoms with Crippen LogP contribution in [0, 0.1) is 0 Å². The quantitative estimate of drug-likeness (QED) is 0.178. The summed E-state index contributed by atoms with van der Waals surface area (Å²) >= 11 is 6.23. The van der Waals surface area contributed by atoms with Gasteiger partial charge in [-0.05, 0) is 35.7 Å². The zero-order valence-electron chi connectivity index (χ0n) is 14.9. The first-order chi connectivity index (χ1) is 14.3. The van der Waals surface area contributed by atoms with Gasteiger partial charge in [0.2, 0.25) is 0 Å². The highest BCUT2D eigenvalue weighted by Crippen LogP contribution is 2.48. The summed E-state index contributed by atoms with van der Waals surface area (Å²) in [4.78, 5) is 0. The molecule has 0 saturated heterocycles. The second kappa shape index (κ2) is 5.03. The van der Waals surface area contributed by atoms with Crippen LogP contribution in [0.25, 0.3) is 68.6 Å². The van der Waals surface area contributed by atoms with Crippen LogP contribution in [-0.4, -0.2) is 7.18 Å². The number of fused-ring (bicyclic) bond motifs is 8. The first-order valence-electron chi connectivity index (χ1n) is 9.49. The van der Waals surface area contributed by atoms with E-state index >= 15 is 0 Å². The molecule has 29 heavy (non-hydrogen) atoms. The Balaban J connectivity index is 1.92. The Hall–Kier alpha value is -2.35. The van der Waals surface area contributed by atoms with E-state index in [4.69, 9.17) is 0 Å². The van der Waals surface area contributed by atoms with Gasteiger partial charge < -0.3 is 4.40 Å². The third kappa shape index (κ3) is 1.64. The van der Waals surface area contributed by atoms with Crippen molar-refractivity contribution in [1.82, 2.24) is 7.18 Å². The predicted molar refractivity (Wildman–Crippen MR) is 137 cm³/mol. The summed E-state index contributed by atoms with van der Waals surface area (Å²) < 4.78 is 9.00. The smallest absolute Gasteiger partial charge is 0.0728 e. The second-order valence-electron chi connectivity index (χ2n) is 7.58. The monoisotopic (exact) mass is 518 g/mol. The Morgan fingerprint density at radius 2 is 1.52 bits per heavy atom. The van der Waals surface area contributed by atoms with E-state index in [1.165, 1.54) is 68.6 Å². The summed E-state index contributed by atoms with van der Waals surface area (Å²) in [6.45, 7) is 0. The van der Waals surface area contributed by atoms with E-state index in [0.717, 1.165) is 0 Å². The van der Waals surface area contributed by atoms with Crippen LogP contribution in [0.1, 0.15) is 0 Å². The largest absolute Gasteiger partial charge is 0.306 e. The molecule has 0 amide bonds. The molecule has 3 aromatic carbocycles. The van der Waals surface area contributed by atoms with Crippen LogP contribution >= 0.6 is 45.5 Å². The van der Waals surface area contributed by atoms with E-state index in [9.17, 15) is 0 Å². The number of thiophene rings is 2. The highest BCUT2D eigenvalue weighted by molar-refractivity contribution is 14.1. The molecule has 0 bridgehead atoms. The standard InChI is InChI=1S/C24H11IN2S2/c25-27-15-6-3-5-13-19(15)20-16(27)9-8-14-21(20)26(17-10-11-28-23(13)17)22-12-4-1-2-7-18(12)29-24(14)22/h1-11H. The van der Waals surface area contributed by atoms with Gasteiger partial charge in [0.15, 0.2) is 0 Å². The van der Waals surface area contributed by atoms with Crippen LogP contribution in [0.15, 0.2) is 66.0 Å². The topological polar surface area (TPSA) is 9.34 Å². The molecular weight excluding hydrogens is 507 g/mol. The fraction of sp³-hybridized carbons (Fsp3) is 0. The third-order valence-electron chi connectivity index (χ3n) is 6.26. The molecule has 8 rings (SSSR count). The lowest BCUT2D eigenvalue weighted by atomic mass is 10.1. The molecule has 0 unspecified atom stereocenters. The highest BCUT2D eigenvalue weighted by atomic mass is 127. The zero-order chi connectivity index (χ0) is 18.9. The van der Waals surface area contributed by atoms with Gasteiger partial charge in [0.1, 0.15) is 0 Å². The molecule has 136 valence electrons. The van der Waals surface area contributed by atoms with Gasteiger partial charge in [0.05, 0.1) is 59.8 Å². The molecule has 0 aliphatic rings. The molecule has 8 aromatic rings. The summed E-state index contributed by atoms with van der Waals surface area (Å²) in [6.07, 6.45) is 0. The van der Waals surface area contributed by atoms with Crippen molar-refractivity contribution in [3.63, 3.8) is 0 Å². The van der Waals surface area contributed by atoms with Gasteiger partial charge in [0.25, 0.3) is 0 Å². The molecule has 0 fully saturated rings. The summed E-state index contributed by atoms with van der Waals surface area (Å²) in [5.41, 5.74) is 6.63. The van der Waals surface area contributed by atoms with Crippen molar-refractivity contribution in [3.05, 3.63) is 66.0 Å². The average Bonchev–Trinajstić information content (AvgIpc) is 3.48. The minimum absolute atomic E-state index is 1.30. The van der Waals surface area contributed by atoms with Crippen LogP contribution in [0.3, 0.4) is 0 Å². The van der Waals surface area contributed by atoms with E-state index in [-0.39, 0.29) is 0 Å². The molecule has 5 heterocycles. The molecule has 0 N–H and O–H groups in total. The second-order valence-corrected chi connectivity index (χ2v) is 10.5. The minimum atomic E-state index is 1.30. The number of benzene rings is 3. The molecule has 0 saturated carbocycles. The first-order valence-corrected chi connectivity index (χ1v) is 12.2. The number of halogens is 1. The van der Waals surface area contributed by atoms with Crippen LogP contribution in [0.2, 0.25) is 0 Å². The van der Waals surface area contributed by atoms with Gasteiger partial charge in [-0.2, -0.15) is 0 Å². The van der Waals surface area contributed by atoms with Gasteiger partial charge in [-0.15, -0.1) is 22.7 Å². The molecule has 5 heteroatoms. The number of hydrogen-bond acceptors (Lipinski definition) is 2. The van der Waals surface area contributed by atoms with Crippen molar-refractivity contribution < 1.29 is 0 Å². The number of rotatable bonds is 0. The van der Waals surface area contributed by atoms with Crippen molar-refractivity contribution in [2.75, 3.05) is 0 Å². The fourth-order valence-electron chi connectivity index (χ4n) is 5.16. The predicted octanol–water partition coefficient (Wildman–Crippen LogP) is 8.42. The lowest BCUT2D eigenvalue weighted by Crippen LogP contribution is -1.84. The van der Waals surface area contributed by atoms with E-state index in [1.54, 1.807) is 0 Å². The maximum Gasteiger partial charge on any atom is 0.0728 e. The number of aromatic nitrogens is 2. The van der Waals surface area contributed by atoms with E-state index in [0.29, 0.717) is 0 Å². The normalized spacial score (nSPS) is 13.0. The Bertz CT molecular complexity index is 1930. The molecule has 0 spiro atoms. The molecule has 0 atom stereocenters. The molecular formula is C24H11IN2S2. The van der Waals surface area contributed by atoms with Crippen LogP contribution in [0.5, 0.6) is 0 Å². The van der Waals surface area contributed by atoms with Crippen LogP contribution in [0.4, 0.5) is 0 Å². The van der Waals surface area contributed by atoms with Gasteiger partial charge in [-0.1, -0.05) is 30.3 Å². The minimum Gasteiger partial charge on any atom is -0.306 e. The molecule has 0 radical (unpaired) electrons. The summed E-state index contributed by atoms with van der Waals surface area (Å²) in [6, 6.07) is 22.5. The zero-order valence-corrected chi connectivity index (χ0v) is 18.7. The number of nitrogens with zero attached hydrogens (tertiary/aromatic N) is 2. The highest BCUT2D eigenvalue weighted by Gasteiger charge is 2.23. The lowest BCUT2D eigenvalue weighted by molar-refractivity contribution is 1.38. The van der Waals surface area contributed by atoms with Crippen LogP contribution in [-0.2, 0) is 0 Å². The fourth-order valence-corrected chi connectivity index (χ4v) is 8.09. The number of hydrogen-bond donors (Lipinski definition) is 0. The first kappa shape index (κ1) is 15.5. The Kier molecular flexibility index (Phi) is 2.69. The Morgan fingerprint density at radius 1 is 0.655 bits per heavy atom. The van der Waals surface area contributed by atoms with Crippen molar-refractivity contribution in [1.29, 1.82) is 0 Å². The van der Waals surface area contributed by atoms with E-state index in [1.807, 2.05) is 22.7 Å².